The molecule has 3 aromatic carbocycles. The van der Waals surface area contributed by atoms with Crippen LogP contribution in [-0.4, -0.2) is 16.2 Å². The Morgan fingerprint density at radius 1 is 1.11 bits per heavy atom. The van der Waals surface area contributed by atoms with E-state index in [1.807, 2.05) is 36.4 Å². The van der Waals surface area contributed by atoms with E-state index >= 15 is 0 Å². The van der Waals surface area contributed by atoms with Crippen molar-refractivity contribution >= 4 is 61.6 Å². The average molecular weight is 427 g/mol. The summed E-state index contributed by atoms with van der Waals surface area (Å²) in [5.74, 6) is 0.615. The van der Waals surface area contributed by atoms with E-state index in [0.29, 0.717) is 12.2 Å². The van der Waals surface area contributed by atoms with Crippen LogP contribution in [0.4, 0.5) is 0 Å². The predicted octanol–water partition coefficient (Wildman–Crippen LogP) is 6.14. The lowest BCUT2D eigenvalue weighted by molar-refractivity contribution is -0.117. The van der Waals surface area contributed by atoms with Gasteiger partial charge in [-0.2, -0.15) is 4.99 Å². The standard InChI is InChI=1S/C22H19ClN2OS2/c1-2-25-19-12-7-15-5-3-4-6-18(15)21(19)28-22(25)24-20(26)13-14-27-17-10-8-16(23)9-11-17/h3-12H,2,13-14H2,1H3. The lowest BCUT2D eigenvalue weighted by Crippen LogP contribution is -2.15. The Morgan fingerprint density at radius 2 is 1.89 bits per heavy atom. The molecule has 0 radical (unpaired) electrons. The highest BCUT2D eigenvalue weighted by Gasteiger charge is 2.10. The molecular weight excluding hydrogens is 408 g/mol. The fourth-order valence-electron chi connectivity index (χ4n) is 3.14. The predicted molar refractivity (Wildman–Crippen MR) is 120 cm³/mol. The molecule has 3 nitrogen and oxygen atoms in total. The number of thioether (sulfide) groups is 1. The van der Waals surface area contributed by atoms with Crippen LogP contribution in [0.3, 0.4) is 0 Å². The van der Waals surface area contributed by atoms with Crippen molar-refractivity contribution in [2.45, 2.75) is 24.8 Å². The molecule has 0 aliphatic rings. The summed E-state index contributed by atoms with van der Waals surface area (Å²) in [6.07, 6.45) is 0.409. The molecule has 4 rings (SSSR count). The lowest BCUT2D eigenvalue weighted by Gasteiger charge is -2.02. The fourth-order valence-corrected chi connectivity index (χ4v) is 5.35. The highest BCUT2D eigenvalue weighted by Crippen LogP contribution is 2.27. The summed E-state index contributed by atoms with van der Waals surface area (Å²) in [5, 5.41) is 3.13. The smallest absolute Gasteiger partial charge is 0.249 e. The molecular formula is C22H19ClN2OS2. The molecule has 1 aromatic heterocycles. The summed E-state index contributed by atoms with van der Waals surface area (Å²) < 4.78 is 3.30. The summed E-state index contributed by atoms with van der Waals surface area (Å²) in [5.41, 5.74) is 1.13. The van der Waals surface area contributed by atoms with Crippen LogP contribution in [0.2, 0.25) is 5.02 Å². The second-order valence-electron chi connectivity index (χ2n) is 6.32. The van der Waals surface area contributed by atoms with Gasteiger partial charge in [0.25, 0.3) is 0 Å². The number of aromatic nitrogens is 1. The third-order valence-corrected chi connectivity index (χ3v) is 6.90. The van der Waals surface area contributed by atoms with E-state index in [1.165, 1.54) is 15.5 Å². The van der Waals surface area contributed by atoms with Crippen LogP contribution in [0.1, 0.15) is 13.3 Å². The highest BCUT2D eigenvalue weighted by molar-refractivity contribution is 7.99. The first-order valence-electron chi connectivity index (χ1n) is 9.12. The fraction of sp³-hybridized carbons (Fsp3) is 0.182. The number of carbonyl (C=O) groups excluding carboxylic acids is 1. The zero-order valence-corrected chi connectivity index (χ0v) is 17.8. The van der Waals surface area contributed by atoms with E-state index in [9.17, 15) is 4.79 Å². The molecule has 142 valence electrons. The van der Waals surface area contributed by atoms with Crippen LogP contribution in [-0.2, 0) is 11.3 Å². The van der Waals surface area contributed by atoms with Crippen molar-refractivity contribution in [3.05, 3.63) is 70.5 Å². The van der Waals surface area contributed by atoms with Crippen LogP contribution in [0.15, 0.2) is 70.6 Å². The number of aryl methyl sites for hydroxylation is 1. The number of rotatable bonds is 5. The van der Waals surface area contributed by atoms with Gasteiger partial charge >= 0.3 is 0 Å². The number of halogens is 1. The van der Waals surface area contributed by atoms with Gasteiger partial charge in [0.05, 0.1) is 10.2 Å². The molecule has 28 heavy (non-hydrogen) atoms. The van der Waals surface area contributed by atoms with Gasteiger partial charge in [-0.05, 0) is 42.6 Å². The zero-order valence-electron chi connectivity index (χ0n) is 15.4. The van der Waals surface area contributed by atoms with Crippen molar-refractivity contribution in [2.75, 3.05) is 5.75 Å². The molecule has 0 unspecified atom stereocenters. The summed E-state index contributed by atoms with van der Waals surface area (Å²) in [6, 6.07) is 20.2. The lowest BCUT2D eigenvalue weighted by atomic mass is 10.1. The maximum atomic E-state index is 12.5. The molecule has 0 saturated carbocycles. The summed E-state index contributed by atoms with van der Waals surface area (Å²) in [4.78, 5) is 18.8. The Hall–Kier alpha value is -2.08. The first kappa shape index (κ1) is 19.2. The monoisotopic (exact) mass is 426 g/mol. The second kappa shape index (κ2) is 8.52. The minimum atomic E-state index is -0.0838. The van der Waals surface area contributed by atoms with E-state index in [2.05, 4.69) is 40.7 Å². The maximum absolute atomic E-state index is 12.5. The van der Waals surface area contributed by atoms with Gasteiger partial charge in [0.2, 0.25) is 5.91 Å². The third-order valence-electron chi connectivity index (χ3n) is 4.51. The van der Waals surface area contributed by atoms with Crippen LogP contribution in [0.5, 0.6) is 0 Å². The molecule has 0 aliphatic heterocycles. The molecule has 6 heteroatoms. The van der Waals surface area contributed by atoms with Crippen LogP contribution < -0.4 is 4.80 Å². The topological polar surface area (TPSA) is 34.4 Å². The van der Waals surface area contributed by atoms with Gasteiger partial charge in [0, 0.05) is 34.0 Å². The summed E-state index contributed by atoms with van der Waals surface area (Å²) >= 11 is 9.14. The molecule has 0 bridgehead atoms. The van der Waals surface area contributed by atoms with Crippen molar-refractivity contribution in [3.8, 4) is 0 Å². The van der Waals surface area contributed by atoms with Gasteiger partial charge in [-0.1, -0.05) is 53.3 Å². The van der Waals surface area contributed by atoms with Crippen LogP contribution in [0.25, 0.3) is 21.0 Å². The van der Waals surface area contributed by atoms with Gasteiger partial charge in [-0.3, -0.25) is 4.79 Å². The molecule has 4 aromatic rings. The average Bonchev–Trinajstić information content (AvgIpc) is 3.07. The molecule has 1 amide bonds. The van der Waals surface area contributed by atoms with Gasteiger partial charge in [0.15, 0.2) is 4.80 Å². The quantitative estimate of drug-likeness (QED) is 0.359. The summed E-state index contributed by atoms with van der Waals surface area (Å²) in [7, 11) is 0. The number of hydrogen-bond donors (Lipinski definition) is 0. The molecule has 0 N–H and O–H groups in total. The number of hydrogen-bond acceptors (Lipinski definition) is 3. The van der Waals surface area contributed by atoms with E-state index < -0.39 is 0 Å². The first-order valence-corrected chi connectivity index (χ1v) is 11.3. The molecule has 0 spiro atoms. The van der Waals surface area contributed by atoms with Crippen LogP contribution >= 0.6 is 34.7 Å². The minimum Gasteiger partial charge on any atom is -0.317 e. The molecule has 1 heterocycles. The largest absolute Gasteiger partial charge is 0.317 e. The third kappa shape index (κ3) is 4.02. The maximum Gasteiger partial charge on any atom is 0.249 e. The number of fused-ring (bicyclic) bond motifs is 3. The van der Waals surface area contributed by atoms with Crippen molar-refractivity contribution in [1.29, 1.82) is 0 Å². The van der Waals surface area contributed by atoms with Gasteiger partial charge in [0.1, 0.15) is 0 Å². The van der Waals surface area contributed by atoms with E-state index in [1.54, 1.807) is 23.1 Å². The number of carbonyl (C=O) groups is 1. The summed E-state index contributed by atoms with van der Waals surface area (Å²) in [6.45, 7) is 2.87. The minimum absolute atomic E-state index is 0.0838. The highest BCUT2D eigenvalue weighted by atomic mass is 35.5. The molecule has 0 saturated heterocycles. The SMILES string of the molecule is CCn1c(=NC(=O)CCSc2ccc(Cl)cc2)sc2c3ccccc3ccc21. The van der Waals surface area contributed by atoms with Crippen LogP contribution in [0, 0.1) is 0 Å². The number of amides is 1. The molecule has 0 aliphatic carbocycles. The van der Waals surface area contributed by atoms with Gasteiger partial charge < -0.3 is 4.57 Å². The Labute approximate surface area is 176 Å². The van der Waals surface area contributed by atoms with E-state index in [4.69, 9.17) is 11.6 Å². The normalized spacial score (nSPS) is 12.1. The van der Waals surface area contributed by atoms with E-state index in [-0.39, 0.29) is 5.91 Å². The number of thiazole rings is 1. The van der Waals surface area contributed by atoms with E-state index in [0.717, 1.165) is 26.8 Å². The zero-order chi connectivity index (χ0) is 19.5. The van der Waals surface area contributed by atoms with Crippen molar-refractivity contribution in [1.82, 2.24) is 4.57 Å². The molecule has 0 atom stereocenters. The van der Waals surface area contributed by atoms with Gasteiger partial charge in [-0.15, -0.1) is 11.8 Å². The Kier molecular flexibility index (Phi) is 5.85. The first-order chi connectivity index (χ1) is 13.7. The van der Waals surface area contributed by atoms with Crippen molar-refractivity contribution in [3.63, 3.8) is 0 Å². The van der Waals surface area contributed by atoms with Gasteiger partial charge in [-0.25, -0.2) is 0 Å². The number of benzene rings is 3. The Morgan fingerprint density at radius 3 is 2.68 bits per heavy atom. The number of nitrogens with zero attached hydrogens (tertiary/aromatic N) is 2. The molecule has 0 fully saturated rings. The Balaban J connectivity index is 1.58. The second-order valence-corrected chi connectivity index (χ2v) is 8.90. The van der Waals surface area contributed by atoms with Crippen molar-refractivity contribution < 1.29 is 4.79 Å². The Bertz CT molecular complexity index is 1210. The van der Waals surface area contributed by atoms with Crippen molar-refractivity contribution in [2.24, 2.45) is 4.99 Å².